The van der Waals surface area contributed by atoms with Gasteiger partial charge in [-0.05, 0) is 29.7 Å². The molecule has 2 aromatic carbocycles. The smallest absolute Gasteiger partial charge is 0.145 e. The van der Waals surface area contributed by atoms with Gasteiger partial charge in [-0.15, -0.1) is 0 Å². The quantitative estimate of drug-likeness (QED) is 0.784. The first kappa shape index (κ1) is 12.0. The number of benzene rings is 2. The topological polar surface area (TPSA) is 40.2 Å². The van der Waals surface area contributed by atoms with Gasteiger partial charge in [0.05, 0.1) is 19.8 Å². The third-order valence-electron chi connectivity index (χ3n) is 3.55. The first-order valence-electron chi connectivity index (χ1n) is 6.90. The van der Waals surface area contributed by atoms with Crippen LogP contribution in [0.25, 0.3) is 10.8 Å². The SMILES string of the molecule is c1cc(OCC2CO2)c2ccc(OC3COC3)cc2c1. The van der Waals surface area contributed by atoms with E-state index in [1.165, 1.54) is 0 Å². The first-order chi connectivity index (χ1) is 9.88. The molecule has 2 aromatic rings. The van der Waals surface area contributed by atoms with Crippen LogP contribution in [0.5, 0.6) is 11.5 Å². The lowest BCUT2D eigenvalue weighted by Crippen LogP contribution is -2.38. The zero-order valence-electron chi connectivity index (χ0n) is 11.1. The molecule has 2 aliphatic rings. The standard InChI is InChI=1S/C16H16O4/c1-2-11-6-12(20-14-7-17-8-14)4-5-15(11)16(3-1)19-10-13-9-18-13/h1-6,13-14H,7-10H2. The van der Waals surface area contributed by atoms with E-state index in [9.17, 15) is 0 Å². The Hall–Kier alpha value is -1.78. The maximum absolute atomic E-state index is 5.82. The fourth-order valence-electron chi connectivity index (χ4n) is 2.25. The Morgan fingerprint density at radius 1 is 1.10 bits per heavy atom. The normalized spacial score (nSPS) is 21.5. The monoisotopic (exact) mass is 272 g/mol. The zero-order chi connectivity index (χ0) is 13.4. The molecule has 1 unspecified atom stereocenters. The minimum atomic E-state index is 0.193. The van der Waals surface area contributed by atoms with Crippen molar-refractivity contribution in [3.63, 3.8) is 0 Å². The summed E-state index contributed by atoms with van der Waals surface area (Å²) in [5.41, 5.74) is 0. The number of fused-ring (bicyclic) bond motifs is 1. The van der Waals surface area contributed by atoms with Crippen molar-refractivity contribution in [2.75, 3.05) is 26.4 Å². The van der Waals surface area contributed by atoms with E-state index in [-0.39, 0.29) is 12.2 Å². The summed E-state index contributed by atoms with van der Waals surface area (Å²) in [5, 5.41) is 2.22. The number of hydrogen-bond acceptors (Lipinski definition) is 4. The predicted octanol–water partition coefficient (Wildman–Crippen LogP) is 2.40. The summed E-state index contributed by atoms with van der Waals surface area (Å²) in [4.78, 5) is 0. The second-order valence-electron chi connectivity index (χ2n) is 5.18. The minimum Gasteiger partial charge on any atom is -0.490 e. The van der Waals surface area contributed by atoms with Gasteiger partial charge in [-0.25, -0.2) is 0 Å². The van der Waals surface area contributed by atoms with Gasteiger partial charge >= 0.3 is 0 Å². The Labute approximate surface area is 117 Å². The molecule has 20 heavy (non-hydrogen) atoms. The molecule has 4 rings (SSSR count). The van der Waals surface area contributed by atoms with E-state index in [1.807, 2.05) is 30.3 Å². The summed E-state index contributed by atoms with van der Waals surface area (Å²) >= 11 is 0. The van der Waals surface area contributed by atoms with Gasteiger partial charge in [0.15, 0.2) is 0 Å². The minimum absolute atomic E-state index is 0.193. The Morgan fingerprint density at radius 2 is 2.00 bits per heavy atom. The van der Waals surface area contributed by atoms with Crippen molar-refractivity contribution in [3.05, 3.63) is 36.4 Å². The summed E-state index contributed by atoms with van der Waals surface area (Å²) in [6, 6.07) is 12.1. The lowest BCUT2D eigenvalue weighted by molar-refractivity contribution is -0.0796. The highest BCUT2D eigenvalue weighted by Gasteiger charge is 2.23. The van der Waals surface area contributed by atoms with E-state index in [0.29, 0.717) is 19.8 Å². The van der Waals surface area contributed by atoms with Crippen molar-refractivity contribution >= 4 is 10.8 Å². The predicted molar refractivity (Wildman–Crippen MR) is 74.4 cm³/mol. The highest BCUT2D eigenvalue weighted by molar-refractivity contribution is 5.89. The van der Waals surface area contributed by atoms with Crippen molar-refractivity contribution in [1.82, 2.24) is 0 Å². The molecule has 2 saturated heterocycles. The summed E-state index contributed by atoms with van der Waals surface area (Å²) in [6.07, 6.45) is 0.463. The van der Waals surface area contributed by atoms with Crippen molar-refractivity contribution in [2.45, 2.75) is 12.2 Å². The summed E-state index contributed by atoms with van der Waals surface area (Å²) in [7, 11) is 0. The van der Waals surface area contributed by atoms with Crippen LogP contribution >= 0.6 is 0 Å². The van der Waals surface area contributed by atoms with Crippen molar-refractivity contribution < 1.29 is 18.9 Å². The average Bonchev–Trinajstić information content (AvgIpc) is 3.24. The van der Waals surface area contributed by atoms with Gasteiger partial charge in [-0.1, -0.05) is 12.1 Å². The number of rotatable bonds is 5. The second kappa shape index (κ2) is 4.96. The van der Waals surface area contributed by atoms with Gasteiger partial charge in [0.25, 0.3) is 0 Å². The zero-order valence-corrected chi connectivity index (χ0v) is 11.1. The van der Waals surface area contributed by atoms with Crippen LogP contribution in [0.2, 0.25) is 0 Å². The molecular weight excluding hydrogens is 256 g/mol. The van der Waals surface area contributed by atoms with Crippen LogP contribution in [-0.2, 0) is 9.47 Å². The molecule has 4 nitrogen and oxygen atoms in total. The molecule has 0 saturated carbocycles. The largest absolute Gasteiger partial charge is 0.490 e. The van der Waals surface area contributed by atoms with Crippen molar-refractivity contribution in [1.29, 1.82) is 0 Å². The second-order valence-corrected chi connectivity index (χ2v) is 5.18. The van der Waals surface area contributed by atoms with E-state index < -0.39 is 0 Å². The van der Waals surface area contributed by atoms with Crippen LogP contribution in [0, 0.1) is 0 Å². The number of hydrogen-bond donors (Lipinski definition) is 0. The molecule has 0 bridgehead atoms. The van der Waals surface area contributed by atoms with Crippen LogP contribution in [-0.4, -0.2) is 38.6 Å². The summed E-state index contributed by atoms with van der Waals surface area (Å²) < 4.78 is 21.9. The molecule has 1 atom stereocenters. The highest BCUT2D eigenvalue weighted by Crippen LogP contribution is 2.30. The molecule has 0 N–H and O–H groups in total. The Balaban J connectivity index is 1.57. The lowest BCUT2D eigenvalue weighted by Gasteiger charge is -2.26. The van der Waals surface area contributed by atoms with E-state index in [4.69, 9.17) is 18.9 Å². The van der Waals surface area contributed by atoms with Gasteiger partial charge < -0.3 is 18.9 Å². The van der Waals surface area contributed by atoms with Crippen LogP contribution in [0.4, 0.5) is 0 Å². The Morgan fingerprint density at radius 3 is 2.75 bits per heavy atom. The van der Waals surface area contributed by atoms with E-state index in [2.05, 4.69) is 6.07 Å². The van der Waals surface area contributed by atoms with Gasteiger partial charge in [-0.2, -0.15) is 0 Å². The molecule has 0 amide bonds. The van der Waals surface area contributed by atoms with E-state index in [1.54, 1.807) is 0 Å². The molecule has 0 aromatic heterocycles. The van der Waals surface area contributed by atoms with Crippen LogP contribution < -0.4 is 9.47 Å². The van der Waals surface area contributed by atoms with Crippen LogP contribution in [0.15, 0.2) is 36.4 Å². The molecule has 104 valence electrons. The Bertz CT molecular complexity index is 617. The van der Waals surface area contributed by atoms with Gasteiger partial charge in [-0.3, -0.25) is 0 Å². The van der Waals surface area contributed by atoms with Crippen molar-refractivity contribution in [3.8, 4) is 11.5 Å². The molecule has 4 heteroatoms. The Kier molecular flexibility index (Phi) is 2.98. The average molecular weight is 272 g/mol. The molecule has 2 heterocycles. The lowest BCUT2D eigenvalue weighted by atomic mass is 10.1. The number of epoxide rings is 1. The van der Waals surface area contributed by atoms with E-state index in [0.717, 1.165) is 28.9 Å². The van der Waals surface area contributed by atoms with Gasteiger partial charge in [0.2, 0.25) is 0 Å². The van der Waals surface area contributed by atoms with Gasteiger partial charge in [0.1, 0.15) is 30.3 Å². The van der Waals surface area contributed by atoms with Gasteiger partial charge in [0, 0.05) is 5.39 Å². The maximum atomic E-state index is 5.82. The highest BCUT2D eigenvalue weighted by atomic mass is 16.6. The fraction of sp³-hybridized carbons (Fsp3) is 0.375. The summed E-state index contributed by atoms with van der Waals surface area (Å²) in [6.45, 7) is 2.80. The number of ether oxygens (including phenoxy) is 4. The molecule has 0 spiro atoms. The molecule has 0 radical (unpaired) electrons. The van der Waals surface area contributed by atoms with Crippen LogP contribution in [0.3, 0.4) is 0 Å². The molecule has 2 fully saturated rings. The summed E-state index contributed by atoms with van der Waals surface area (Å²) in [5.74, 6) is 1.78. The van der Waals surface area contributed by atoms with Crippen molar-refractivity contribution in [2.24, 2.45) is 0 Å². The van der Waals surface area contributed by atoms with E-state index >= 15 is 0 Å². The third-order valence-corrected chi connectivity index (χ3v) is 3.55. The third kappa shape index (κ3) is 2.44. The van der Waals surface area contributed by atoms with Crippen LogP contribution in [0.1, 0.15) is 0 Å². The molecule has 0 aliphatic carbocycles. The molecular formula is C16H16O4. The molecule has 2 aliphatic heterocycles. The first-order valence-corrected chi connectivity index (χ1v) is 6.90. The fourth-order valence-corrected chi connectivity index (χ4v) is 2.25. The maximum Gasteiger partial charge on any atom is 0.145 e.